The average Bonchev–Trinajstić information content (AvgIpc) is 2.64. The first-order valence-electron chi connectivity index (χ1n) is 8.66. The molecule has 0 saturated carbocycles. The molecule has 2 fully saturated rings. The van der Waals surface area contributed by atoms with Crippen LogP contribution in [0, 0.1) is 0 Å². The molecule has 3 rings (SSSR count). The van der Waals surface area contributed by atoms with E-state index in [0.717, 1.165) is 32.5 Å². The highest BCUT2D eigenvalue weighted by Gasteiger charge is 2.27. The molecule has 2 amide bonds. The summed E-state index contributed by atoms with van der Waals surface area (Å²) in [6.45, 7) is 4.84. The van der Waals surface area contributed by atoms with Crippen molar-refractivity contribution < 1.29 is 14.3 Å². The van der Waals surface area contributed by atoms with Crippen molar-refractivity contribution >= 4 is 11.8 Å². The van der Waals surface area contributed by atoms with Gasteiger partial charge in [0.1, 0.15) is 0 Å². The van der Waals surface area contributed by atoms with E-state index in [1.54, 1.807) is 4.90 Å². The molecule has 130 valence electrons. The fourth-order valence-corrected chi connectivity index (χ4v) is 3.23. The molecule has 0 radical (unpaired) electrons. The van der Waals surface area contributed by atoms with Crippen LogP contribution in [0.3, 0.4) is 0 Å². The molecule has 0 aromatic heterocycles. The molecule has 0 aliphatic carbocycles. The second kappa shape index (κ2) is 8.26. The van der Waals surface area contributed by atoms with Crippen LogP contribution in [0.25, 0.3) is 0 Å². The molecule has 0 bridgehead atoms. The Morgan fingerprint density at radius 2 is 1.71 bits per heavy atom. The Bertz CT molecular complexity index is 550. The van der Waals surface area contributed by atoms with E-state index < -0.39 is 11.8 Å². The van der Waals surface area contributed by atoms with Crippen LogP contribution in [0.15, 0.2) is 30.3 Å². The van der Waals surface area contributed by atoms with Gasteiger partial charge in [0, 0.05) is 38.8 Å². The Hall–Kier alpha value is -1.92. The number of carbonyl (C=O) groups excluding carboxylic acids is 2. The Kier molecular flexibility index (Phi) is 5.82. The molecule has 2 saturated heterocycles. The number of ether oxygens (including phenoxy) is 1. The third-order valence-corrected chi connectivity index (χ3v) is 4.66. The van der Waals surface area contributed by atoms with Crippen molar-refractivity contribution in [3.63, 3.8) is 0 Å². The third kappa shape index (κ3) is 4.55. The van der Waals surface area contributed by atoms with Crippen LogP contribution >= 0.6 is 0 Å². The van der Waals surface area contributed by atoms with Gasteiger partial charge in [0.2, 0.25) is 0 Å². The van der Waals surface area contributed by atoms with Crippen LogP contribution in [0.1, 0.15) is 18.4 Å². The maximum Gasteiger partial charge on any atom is 0.312 e. The fraction of sp³-hybridized carbons (Fsp3) is 0.556. The summed E-state index contributed by atoms with van der Waals surface area (Å²) in [6.07, 6.45) is 1.77. The Balaban J connectivity index is 1.41. The van der Waals surface area contributed by atoms with Crippen LogP contribution in [0.2, 0.25) is 0 Å². The fourth-order valence-electron chi connectivity index (χ4n) is 3.23. The Morgan fingerprint density at radius 1 is 1.04 bits per heavy atom. The maximum absolute atomic E-state index is 12.1. The number of rotatable bonds is 3. The molecule has 2 aliphatic rings. The number of carbonyl (C=O) groups is 2. The quantitative estimate of drug-likeness (QED) is 0.825. The van der Waals surface area contributed by atoms with Crippen molar-refractivity contribution in [2.75, 3.05) is 39.4 Å². The molecule has 0 unspecified atom stereocenters. The zero-order chi connectivity index (χ0) is 16.8. The van der Waals surface area contributed by atoms with Gasteiger partial charge in [-0.15, -0.1) is 0 Å². The SMILES string of the molecule is O=C(NC1CCN(Cc2ccccc2)CC1)C(=O)N1CCOCC1. The number of likely N-dealkylation sites (tertiary alicyclic amines) is 1. The van der Waals surface area contributed by atoms with Crippen molar-refractivity contribution in [1.82, 2.24) is 15.1 Å². The van der Waals surface area contributed by atoms with Gasteiger partial charge in [0.25, 0.3) is 0 Å². The summed E-state index contributed by atoms with van der Waals surface area (Å²) in [5, 5.41) is 2.90. The van der Waals surface area contributed by atoms with Crippen LogP contribution < -0.4 is 5.32 Å². The number of nitrogens with one attached hydrogen (secondary N) is 1. The predicted octanol–water partition coefficient (Wildman–Crippen LogP) is 0.626. The topological polar surface area (TPSA) is 61.9 Å². The van der Waals surface area contributed by atoms with E-state index in [4.69, 9.17) is 4.74 Å². The minimum atomic E-state index is -0.474. The van der Waals surface area contributed by atoms with E-state index in [0.29, 0.717) is 26.3 Å². The number of hydrogen-bond acceptors (Lipinski definition) is 4. The first kappa shape index (κ1) is 16.9. The minimum absolute atomic E-state index is 0.0921. The van der Waals surface area contributed by atoms with Crippen LogP contribution in [0.5, 0.6) is 0 Å². The van der Waals surface area contributed by atoms with Crippen molar-refractivity contribution in [3.05, 3.63) is 35.9 Å². The number of amides is 2. The van der Waals surface area contributed by atoms with Gasteiger partial charge >= 0.3 is 11.8 Å². The summed E-state index contributed by atoms with van der Waals surface area (Å²) >= 11 is 0. The van der Waals surface area contributed by atoms with Crippen molar-refractivity contribution in [3.8, 4) is 0 Å². The van der Waals surface area contributed by atoms with Gasteiger partial charge in [-0.05, 0) is 18.4 Å². The summed E-state index contributed by atoms with van der Waals surface area (Å²) in [6, 6.07) is 10.5. The van der Waals surface area contributed by atoms with Crippen molar-refractivity contribution in [2.45, 2.75) is 25.4 Å². The molecule has 6 heteroatoms. The largest absolute Gasteiger partial charge is 0.378 e. The van der Waals surface area contributed by atoms with Crippen molar-refractivity contribution in [2.24, 2.45) is 0 Å². The van der Waals surface area contributed by atoms with Gasteiger partial charge in [-0.3, -0.25) is 14.5 Å². The van der Waals surface area contributed by atoms with Crippen LogP contribution in [-0.4, -0.2) is 67.0 Å². The van der Waals surface area contributed by atoms with Crippen LogP contribution in [0.4, 0.5) is 0 Å². The van der Waals surface area contributed by atoms with Gasteiger partial charge < -0.3 is 15.0 Å². The Morgan fingerprint density at radius 3 is 2.38 bits per heavy atom. The van der Waals surface area contributed by atoms with E-state index in [2.05, 4.69) is 34.5 Å². The normalized spacial score (nSPS) is 19.9. The lowest BCUT2D eigenvalue weighted by Crippen LogP contribution is -2.52. The lowest BCUT2D eigenvalue weighted by Gasteiger charge is -2.33. The standard InChI is InChI=1S/C18H25N3O3/c22-17(18(23)21-10-12-24-13-11-21)19-16-6-8-20(9-7-16)14-15-4-2-1-3-5-15/h1-5,16H,6-14H2,(H,19,22). The molecular weight excluding hydrogens is 306 g/mol. The number of nitrogens with zero attached hydrogens (tertiary/aromatic N) is 2. The second-order valence-electron chi connectivity index (χ2n) is 6.41. The highest BCUT2D eigenvalue weighted by molar-refractivity contribution is 6.35. The average molecular weight is 331 g/mol. The molecule has 1 aromatic rings. The first-order valence-corrected chi connectivity index (χ1v) is 8.66. The lowest BCUT2D eigenvalue weighted by atomic mass is 10.0. The van der Waals surface area contributed by atoms with Gasteiger partial charge in [-0.1, -0.05) is 30.3 Å². The minimum Gasteiger partial charge on any atom is -0.378 e. The molecule has 0 spiro atoms. The summed E-state index contributed by atoms with van der Waals surface area (Å²) in [5.41, 5.74) is 1.31. The first-order chi connectivity index (χ1) is 11.7. The van der Waals surface area contributed by atoms with E-state index in [-0.39, 0.29) is 6.04 Å². The molecule has 6 nitrogen and oxygen atoms in total. The second-order valence-corrected chi connectivity index (χ2v) is 6.41. The van der Waals surface area contributed by atoms with Gasteiger partial charge in [-0.25, -0.2) is 0 Å². The number of hydrogen-bond donors (Lipinski definition) is 1. The zero-order valence-electron chi connectivity index (χ0n) is 13.9. The number of morpholine rings is 1. The zero-order valence-corrected chi connectivity index (χ0v) is 13.9. The number of piperidine rings is 1. The molecule has 24 heavy (non-hydrogen) atoms. The predicted molar refractivity (Wildman–Crippen MR) is 90.3 cm³/mol. The van der Waals surface area contributed by atoms with E-state index in [1.165, 1.54) is 5.56 Å². The summed E-state index contributed by atoms with van der Waals surface area (Å²) in [7, 11) is 0. The molecule has 1 aromatic carbocycles. The van der Waals surface area contributed by atoms with E-state index in [9.17, 15) is 9.59 Å². The van der Waals surface area contributed by atoms with E-state index in [1.807, 2.05) is 6.07 Å². The van der Waals surface area contributed by atoms with E-state index >= 15 is 0 Å². The number of benzene rings is 1. The molecule has 2 heterocycles. The van der Waals surface area contributed by atoms with Crippen molar-refractivity contribution in [1.29, 1.82) is 0 Å². The maximum atomic E-state index is 12.1. The summed E-state index contributed by atoms with van der Waals surface area (Å²) < 4.78 is 5.21. The molecule has 1 N–H and O–H groups in total. The Labute approximate surface area is 142 Å². The monoisotopic (exact) mass is 331 g/mol. The molecule has 0 atom stereocenters. The van der Waals surface area contributed by atoms with Crippen LogP contribution in [-0.2, 0) is 20.9 Å². The highest BCUT2D eigenvalue weighted by Crippen LogP contribution is 2.14. The molecule has 2 aliphatic heterocycles. The van der Waals surface area contributed by atoms with Gasteiger partial charge in [0.05, 0.1) is 13.2 Å². The summed E-state index contributed by atoms with van der Waals surface area (Å²) in [5.74, 6) is -0.900. The van der Waals surface area contributed by atoms with Gasteiger partial charge in [-0.2, -0.15) is 0 Å². The summed E-state index contributed by atoms with van der Waals surface area (Å²) in [4.78, 5) is 28.2. The molecular formula is C18H25N3O3. The third-order valence-electron chi connectivity index (χ3n) is 4.66. The lowest BCUT2D eigenvalue weighted by molar-refractivity contribution is -0.148. The van der Waals surface area contributed by atoms with Gasteiger partial charge in [0.15, 0.2) is 0 Å². The highest BCUT2D eigenvalue weighted by atomic mass is 16.5. The smallest absolute Gasteiger partial charge is 0.312 e.